The molecule has 18 heavy (non-hydrogen) atoms. The number of pyridine rings is 1. The van der Waals surface area contributed by atoms with Gasteiger partial charge >= 0.3 is 0 Å². The molecule has 0 atom stereocenters. The molecule has 0 saturated carbocycles. The average Bonchev–Trinajstić information content (AvgIpc) is 2.38. The van der Waals surface area contributed by atoms with Gasteiger partial charge in [-0.25, -0.2) is 0 Å². The number of nitrogens with zero attached hydrogens (tertiary/aromatic N) is 1. The van der Waals surface area contributed by atoms with Crippen molar-refractivity contribution in [2.24, 2.45) is 5.41 Å². The van der Waals surface area contributed by atoms with E-state index in [1.807, 2.05) is 12.4 Å². The molecule has 1 aromatic heterocycles. The summed E-state index contributed by atoms with van der Waals surface area (Å²) >= 11 is 3.49. The number of nitrogens with one attached hydrogen (secondary N) is 1. The third-order valence-corrected chi connectivity index (χ3v) is 4.08. The van der Waals surface area contributed by atoms with Crippen molar-refractivity contribution < 1.29 is 4.74 Å². The van der Waals surface area contributed by atoms with Gasteiger partial charge in [0.2, 0.25) is 0 Å². The molecule has 0 unspecified atom stereocenters. The molecule has 1 aliphatic heterocycles. The summed E-state index contributed by atoms with van der Waals surface area (Å²) in [5, 5.41) is 3.51. The molecule has 1 N–H and O–H groups in total. The van der Waals surface area contributed by atoms with E-state index in [1.165, 1.54) is 5.56 Å². The van der Waals surface area contributed by atoms with Crippen LogP contribution in [0.4, 0.5) is 0 Å². The van der Waals surface area contributed by atoms with E-state index in [0.717, 1.165) is 50.0 Å². The first-order chi connectivity index (χ1) is 8.74. The fourth-order valence-corrected chi connectivity index (χ4v) is 3.01. The molecule has 1 aromatic rings. The van der Waals surface area contributed by atoms with Crippen molar-refractivity contribution in [2.75, 3.05) is 26.3 Å². The lowest BCUT2D eigenvalue weighted by Gasteiger charge is -2.37. The summed E-state index contributed by atoms with van der Waals surface area (Å²) in [4.78, 5) is 4.26. The van der Waals surface area contributed by atoms with E-state index in [4.69, 9.17) is 4.74 Å². The molecule has 4 heteroatoms. The number of ether oxygens (including phenoxy) is 1. The third kappa shape index (κ3) is 3.77. The van der Waals surface area contributed by atoms with Gasteiger partial charge in [-0.15, -0.1) is 0 Å². The van der Waals surface area contributed by atoms with Crippen molar-refractivity contribution >= 4 is 15.9 Å². The van der Waals surface area contributed by atoms with Crippen molar-refractivity contribution in [3.8, 4) is 0 Å². The Balaban J connectivity index is 2.08. The van der Waals surface area contributed by atoms with E-state index in [9.17, 15) is 0 Å². The minimum absolute atomic E-state index is 0.330. The Hall–Kier alpha value is -0.450. The standard InChI is InChI=1S/C14H21BrN2O/c1-2-16-11-14(3-5-18-6-4-14)8-12-7-13(15)10-17-9-12/h7,9-10,16H,2-6,8,11H2,1H3. The highest BCUT2D eigenvalue weighted by molar-refractivity contribution is 9.10. The second-order valence-electron chi connectivity index (χ2n) is 5.08. The predicted molar refractivity (Wildman–Crippen MR) is 76.7 cm³/mol. The van der Waals surface area contributed by atoms with Gasteiger partial charge < -0.3 is 10.1 Å². The molecule has 1 fully saturated rings. The van der Waals surface area contributed by atoms with Crippen LogP contribution in [0.5, 0.6) is 0 Å². The van der Waals surface area contributed by atoms with Crippen LogP contribution < -0.4 is 5.32 Å². The summed E-state index contributed by atoms with van der Waals surface area (Å²) in [6.07, 6.45) is 7.16. The zero-order valence-corrected chi connectivity index (χ0v) is 12.5. The minimum atomic E-state index is 0.330. The summed E-state index contributed by atoms with van der Waals surface area (Å²) in [5.41, 5.74) is 1.64. The second kappa shape index (κ2) is 6.64. The molecular formula is C14H21BrN2O. The predicted octanol–water partition coefficient (Wildman–Crippen LogP) is 2.79. The van der Waals surface area contributed by atoms with Crippen molar-refractivity contribution in [1.29, 1.82) is 0 Å². The summed E-state index contributed by atoms with van der Waals surface area (Å²) in [7, 11) is 0. The van der Waals surface area contributed by atoms with Crippen LogP contribution in [-0.4, -0.2) is 31.3 Å². The Kier molecular flexibility index (Phi) is 5.15. The molecule has 1 saturated heterocycles. The third-order valence-electron chi connectivity index (χ3n) is 3.64. The van der Waals surface area contributed by atoms with Crippen LogP contribution in [0.3, 0.4) is 0 Å². The van der Waals surface area contributed by atoms with Gasteiger partial charge in [0.1, 0.15) is 0 Å². The first-order valence-electron chi connectivity index (χ1n) is 6.62. The van der Waals surface area contributed by atoms with Crippen molar-refractivity contribution in [2.45, 2.75) is 26.2 Å². The molecular weight excluding hydrogens is 292 g/mol. The van der Waals surface area contributed by atoms with Crippen molar-refractivity contribution in [3.63, 3.8) is 0 Å². The lowest BCUT2D eigenvalue weighted by molar-refractivity contribution is 0.0151. The Morgan fingerprint density at radius 3 is 2.83 bits per heavy atom. The molecule has 0 amide bonds. The molecule has 2 heterocycles. The number of hydrogen-bond acceptors (Lipinski definition) is 3. The first kappa shape index (κ1) is 14.0. The van der Waals surface area contributed by atoms with E-state index in [1.54, 1.807) is 0 Å². The quantitative estimate of drug-likeness (QED) is 0.908. The van der Waals surface area contributed by atoms with Gasteiger partial charge in [-0.05, 0) is 58.8 Å². The first-order valence-corrected chi connectivity index (χ1v) is 7.41. The normalized spacial score (nSPS) is 18.8. The zero-order chi connectivity index (χ0) is 12.8. The van der Waals surface area contributed by atoms with E-state index in [0.29, 0.717) is 5.41 Å². The Morgan fingerprint density at radius 1 is 1.39 bits per heavy atom. The molecule has 0 aromatic carbocycles. The highest BCUT2D eigenvalue weighted by Crippen LogP contribution is 2.34. The molecule has 0 spiro atoms. The Bertz CT molecular complexity index is 378. The van der Waals surface area contributed by atoms with E-state index < -0.39 is 0 Å². The smallest absolute Gasteiger partial charge is 0.0471 e. The van der Waals surface area contributed by atoms with Crippen LogP contribution in [-0.2, 0) is 11.2 Å². The SMILES string of the molecule is CCNCC1(Cc2cncc(Br)c2)CCOCC1. The van der Waals surface area contributed by atoms with Crippen LogP contribution in [0.2, 0.25) is 0 Å². The van der Waals surface area contributed by atoms with Gasteiger partial charge in [0.15, 0.2) is 0 Å². The largest absolute Gasteiger partial charge is 0.381 e. The minimum Gasteiger partial charge on any atom is -0.381 e. The van der Waals surface area contributed by atoms with Crippen LogP contribution in [0.15, 0.2) is 22.9 Å². The van der Waals surface area contributed by atoms with E-state index in [2.05, 4.69) is 39.2 Å². The van der Waals surface area contributed by atoms with Gasteiger partial charge in [0.25, 0.3) is 0 Å². The molecule has 2 rings (SSSR count). The van der Waals surface area contributed by atoms with Crippen molar-refractivity contribution in [1.82, 2.24) is 10.3 Å². The number of hydrogen-bond donors (Lipinski definition) is 1. The summed E-state index contributed by atoms with van der Waals surface area (Å²) < 4.78 is 6.57. The fraction of sp³-hybridized carbons (Fsp3) is 0.643. The van der Waals surface area contributed by atoms with Gasteiger partial charge in [0, 0.05) is 36.6 Å². The molecule has 0 aliphatic carbocycles. The Labute approximate surface area is 117 Å². The summed E-state index contributed by atoms with van der Waals surface area (Å²) in [6, 6.07) is 2.18. The zero-order valence-electron chi connectivity index (χ0n) is 10.9. The molecule has 100 valence electrons. The topological polar surface area (TPSA) is 34.2 Å². The highest BCUT2D eigenvalue weighted by atomic mass is 79.9. The maximum absolute atomic E-state index is 5.51. The summed E-state index contributed by atoms with van der Waals surface area (Å²) in [6.45, 7) is 6.02. The fourth-order valence-electron chi connectivity index (χ4n) is 2.60. The lowest BCUT2D eigenvalue weighted by atomic mass is 9.75. The maximum atomic E-state index is 5.51. The molecule has 3 nitrogen and oxygen atoms in total. The van der Waals surface area contributed by atoms with E-state index in [-0.39, 0.29) is 0 Å². The van der Waals surface area contributed by atoms with Crippen LogP contribution >= 0.6 is 15.9 Å². The Morgan fingerprint density at radius 2 is 2.17 bits per heavy atom. The highest BCUT2D eigenvalue weighted by Gasteiger charge is 2.32. The van der Waals surface area contributed by atoms with Gasteiger partial charge in [-0.1, -0.05) is 6.92 Å². The second-order valence-corrected chi connectivity index (χ2v) is 6.00. The van der Waals surface area contributed by atoms with Crippen LogP contribution in [0.1, 0.15) is 25.3 Å². The number of halogens is 1. The number of rotatable bonds is 5. The monoisotopic (exact) mass is 312 g/mol. The van der Waals surface area contributed by atoms with Gasteiger partial charge in [0.05, 0.1) is 0 Å². The molecule has 0 radical (unpaired) electrons. The van der Waals surface area contributed by atoms with Crippen molar-refractivity contribution in [3.05, 3.63) is 28.5 Å². The molecule has 0 bridgehead atoms. The maximum Gasteiger partial charge on any atom is 0.0471 e. The van der Waals surface area contributed by atoms with Crippen LogP contribution in [0, 0.1) is 5.41 Å². The van der Waals surface area contributed by atoms with Gasteiger partial charge in [-0.2, -0.15) is 0 Å². The number of aromatic nitrogens is 1. The summed E-state index contributed by atoms with van der Waals surface area (Å²) in [5.74, 6) is 0. The average molecular weight is 313 g/mol. The van der Waals surface area contributed by atoms with Gasteiger partial charge in [-0.3, -0.25) is 4.98 Å². The van der Waals surface area contributed by atoms with E-state index >= 15 is 0 Å². The lowest BCUT2D eigenvalue weighted by Crippen LogP contribution is -2.40. The molecule has 1 aliphatic rings. The van der Waals surface area contributed by atoms with Crippen LogP contribution in [0.25, 0.3) is 0 Å².